The molecule has 0 saturated carbocycles. The summed E-state index contributed by atoms with van der Waals surface area (Å²) in [6.45, 7) is 1.75. The monoisotopic (exact) mass is 266 g/mol. The molecule has 0 bridgehead atoms. The Hall–Kier alpha value is -2.04. The van der Waals surface area contributed by atoms with E-state index < -0.39 is 17.4 Å². The highest BCUT2D eigenvalue weighted by molar-refractivity contribution is 5.82. The first-order valence-electron chi connectivity index (χ1n) is 6.06. The van der Waals surface area contributed by atoms with Gasteiger partial charge in [-0.15, -0.1) is 0 Å². The summed E-state index contributed by atoms with van der Waals surface area (Å²) in [6.07, 6.45) is 0.196. The number of carboxylic acid groups (broad SMARTS) is 2. The molecule has 0 aliphatic heterocycles. The van der Waals surface area contributed by atoms with Gasteiger partial charge in [-0.3, -0.25) is 9.59 Å². The van der Waals surface area contributed by atoms with Crippen LogP contribution in [0.1, 0.15) is 31.7 Å². The fourth-order valence-electron chi connectivity index (χ4n) is 2.15. The Morgan fingerprint density at radius 2 is 2.00 bits per heavy atom. The van der Waals surface area contributed by atoms with Gasteiger partial charge in [0, 0.05) is 6.42 Å². The molecule has 2 N–H and O–H groups in total. The lowest BCUT2D eigenvalue weighted by Crippen LogP contribution is -2.35. The van der Waals surface area contributed by atoms with Crippen LogP contribution in [-0.4, -0.2) is 29.3 Å². The average molecular weight is 266 g/mol. The Morgan fingerprint density at radius 3 is 2.47 bits per heavy atom. The van der Waals surface area contributed by atoms with E-state index in [4.69, 9.17) is 9.84 Å². The van der Waals surface area contributed by atoms with E-state index >= 15 is 0 Å². The van der Waals surface area contributed by atoms with Crippen LogP contribution in [0.15, 0.2) is 24.3 Å². The van der Waals surface area contributed by atoms with E-state index in [0.29, 0.717) is 17.7 Å². The number of aliphatic carboxylic acids is 2. The highest BCUT2D eigenvalue weighted by Gasteiger charge is 2.39. The zero-order valence-corrected chi connectivity index (χ0v) is 11.0. The fraction of sp³-hybridized carbons (Fsp3) is 0.429. The van der Waals surface area contributed by atoms with Crippen LogP contribution in [0, 0.1) is 0 Å². The van der Waals surface area contributed by atoms with Gasteiger partial charge in [-0.25, -0.2) is 0 Å². The van der Waals surface area contributed by atoms with Gasteiger partial charge in [0.25, 0.3) is 0 Å². The molecule has 0 aromatic heterocycles. The smallest absolute Gasteiger partial charge is 0.314 e. The van der Waals surface area contributed by atoms with Crippen molar-refractivity contribution in [2.24, 2.45) is 0 Å². The molecular weight excluding hydrogens is 248 g/mol. The molecule has 5 nitrogen and oxygen atoms in total. The van der Waals surface area contributed by atoms with E-state index in [1.165, 1.54) is 7.11 Å². The van der Waals surface area contributed by atoms with E-state index in [1.54, 1.807) is 31.2 Å². The molecule has 1 atom stereocenters. The second-order valence-corrected chi connectivity index (χ2v) is 4.37. The van der Waals surface area contributed by atoms with Crippen molar-refractivity contribution in [3.63, 3.8) is 0 Å². The third-order valence-corrected chi connectivity index (χ3v) is 3.40. The van der Waals surface area contributed by atoms with Gasteiger partial charge in [-0.2, -0.15) is 0 Å². The maximum atomic E-state index is 11.6. The summed E-state index contributed by atoms with van der Waals surface area (Å²) in [4.78, 5) is 22.4. The van der Waals surface area contributed by atoms with Crippen molar-refractivity contribution in [3.8, 4) is 5.75 Å². The van der Waals surface area contributed by atoms with E-state index in [1.807, 2.05) is 0 Å². The number of benzene rings is 1. The summed E-state index contributed by atoms with van der Waals surface area (Å²) < 4.78 is 5.09. The molecule has 0 saturated heterocycles. The maximum Gasteiger partial charge on any atom is 0.314 e. The Morgan fingerprint density at radius 1 is 1.32 bits per heavy atom. The van der Waals surface area contributed by atoms with Crippen molar-refractivity contribution in [3.05, 3.63) is 29.8 Å². The fourth-order valence-corrected chi connectivity index (χ4v) is 2.15. The Labute approximate surface area is 111 Å². The number of rotatable bonds is 7. The predicted octanol–water partition coefficient (Wildman–Crippen LogP) is 2.29. The third kappa shape index (κ3) is 3.24. The number of carbonyl (C=O) groups is 2. The molecule has 0 unspecified atom stereocenters. The molecule has 19 heavy (non-hydrogen) atoms. The van der Waals surface area contributed by atoms with Crippen LogP contribution in [0.5, 0.6) is 5.75 Å². The standard InChI is InChI=1S/C14H18O5/c1-3-14(13(17)18,8-7-12(15)16)10-5-4-6-11(9-10)19-2/h4-6,9H,3,7-8H2,1-2H3,(H,15,16)(H,17,18)/t14-/m0/s1. The molecule has 0 fully saturated rings. The van der Waals surface area contributed by atoms with Crippen LogP contribution in [0.25, 0.3) is 0 Å². The first-order valence-corrected chi connectivity index (χ1v) is 6.06. The Bertz CT molecular complexity index is 469. The van der Waals surface area contributed by atoms with Gasteiger partial charge in [0.05, 0.1) is 12.5 Å². The molecule has 0 aliphatic carbocycles. The molecule has 0 spiro atoms. The zero-order chi connectivity index (χ0) is 14.5. The molecule has 0 amide bonds. The summed E-state index contributed by atoms with van der Waals surface area (Å²) in [7, 11) is 1.50. The summed E-state index contributed by atoms with van der Waals surface area (Å²) in [5.41, 5.74) is -0.615. The van der Waals surface area contributed by atoms with Gasteiger partial charge in [-0.1, -0.05) is 19.1 Å². The number of ether oxygens (including phenoxy) is 1. The lowest BCUT2D eigenvalue weighted by molar-refractivity contribution is -0.145. The van der Waals surface area contributed by atoms with Gasteiger partial charge in [0.2, 0.25) is 0 Å². The van der Waals surface area contributed by atoms with E-state index in [-0.39, 0.29) is 12.8 Å². The predicted molar refractivity (Wildman–Crippen MR) is 69.5 cm³/mol. The molecule has 104 valence electrons. The highest BCUT2D eigenvalue weighted by atomic mass is 16.5. The van der Waals surface area contributed by atoms with Crippen LogP contribution in [0.3, 0.4) is 0 Å². The third-order valence-electron chi connectivity index (χ3n) is 3.40. The lowest BCUT2D eigenvalue weighted by Gasteiger charge is -2.28. The maximum absolute atomic E-state index is 11.6. The van der Waals surface area contributed by atoms with E-state index in [0.717, 1.165) is 0 Å². The Balaban J connectivity index is 3.20. The first kappa shape index (κ1) is 15.0. The zero-order valence-electron chi connectivity index (χ0n) is 11.0. The number of hydrogen-bond acceptors (Lipinski definition) is 3. The summed E-state index contributed by atoms with van der Waals surface area (Å²) in [5, 5.41) is 18.3. The van der Waals surface area contributed by atoms with Crippen molar-refractivity contribution in [1.29, 1.82) is 0 Å². The second-order valence-electron chi connectivity index (χ2n) is 4.37. The van der Waals surface area contributed by atoms with Gasteiger partial charge >= 0.3 is 11.9 Å². The van der Waals surface area contributed by atoms with Crippen molar-refractivity contribution in [2.45, 2.75) is 31.6 Å². The minimum absolute atomic E-state index is 0.0569. The average Bonchev–Trinajstić information content (AvgIpc) is 2.39. The molecule has 0 aliphatic rings. The van der Waals surface area contributed by atoms with Crippen molar-refractivity contribution >= 4 is 11.9 Å². The molecule has 1 rings (SSSR count). The number of methoxy groups -OCH3 is 1. The van der Waals surface area contributed by atoms with Crippen LogP contribution in [0.2, 0.25) is 0 Å². The van der Waals surface area contributed by atoms with E-state index in [9.17, 15) is 14.7 Å². The first-order chi connectivity index (χ1) is 8.96. The van der Waals surface area contributed by atoms with E-state index in [2.05, 4.69) is 0 Å². The molecular formula is C14H18O5. The topological polar surface area (TPSA) is 83.8 Å². The minimum Gasteiger partial charge on any atom is -0.497 e. The van der Waals surface area contributed by atoms with Crippen LogP contribution < -0.4 is 4.74 Å². The highest BCUT2D eigenvalue weighted by Crippen LogP contribution is 2.35. The van der Waals surface area contributed by atoms with Crippen molar-refractivity contribution < 1.29 is 24.5 Å². The van der Waals surface area contributed by atoms with Crippen molar-refractivity contribution in [1.82, 2.24) is 0 Å². The summed E-state index contributed by atoms with van der Waals surface area (Å²) in [6, 6.07) is 6.78. The molecule has 0 heterocycles. The quantitative estimate of drug-likeness (QED) is 0.791. The van der Waals surface area contributed by atoms with Gasteiger partial charge < -0.3 is 14.9 Å². The van der Waals surface area contributed by atoms with Gasteiger partial charge in [-0.05, 0) is 30.5 Å². The minimum atomic E-state index is -1.19. The molecule has 1 aromatic rings. The molecule has 0 radical (unpaired) electrons. The van der Waals surface area contributed by atoms with Gasteiger partial charge in [0.15, 0.2) is 0 Å². The second kappa shape index (κ2) is 6.22. The normalized spacial score (nSPS) is 13.6. The summed E-state index contributed by atoms with van der Waals surface area (Å²) >= 11 is 0. The number of carboxylic acids is 2. The van der Waals surface area contributed by atoms with Crippen molar-refractivity contribution in [2.75, 3.05) is 7.11 Å². The Kier molecular flexibility index (Phi) is 4.92. The van der Waals surface area contributed by atoms with Gasteiger partial charge in [0.1, 0.15) is 5.75 Å². The number of hydrogen-bond donors (Lipinski definition) is 2. The molecule has 1 aromatic carbocycles. The van der Waals surface area contributed by atoms with Crippen LogP contribution >= 0.6 is 0 Å². The molecule has 5 heteroatoms. The summed E-state index contributed by atoms with van der Waals surface area (Å²) in [5.74, 6) is -1.45. The lowest BCUT2D eigenvalue weighted by atomic mass is 9.74. The van der Waals surface area contributed by atoms with Crippen LogP contribution in [-0.2, 0) is 15.0 Å². The van der Waals surface area contributed by atoms with Crippen LogP contribution in [0.4, 0.5) is 0 Å². The SMILES string of the molecule is CC[C@@](CCC(=O)O)(C(=O)O)c1cccc(OC)c1. The largest absolute Gasteiger partial charge is 0.497 e.